The predicted molar refractivity (Wildman–Crippen MR) is 127 cm³/mol. The van der Waals surface area contributed by atoms with E-state index in [1.54, 1.807) is 23.3 Å². The van der Waals surface area contributed by atoms with Gasteiger partial charge in [-0.15, -0.1) is 11.3 Å². The van der Waals surface area contributed by atoms with E-state index in [0.29, 0.717) is 32.4 Å². The van der Waals surface area contributed by atoms with Gasteiger partial charge in [-0.05, 0) is 42.8 Å². The van der Waals surface area contributed by atoms with Gasteiger partial charge in [-0.3, -0.25) is 4.79 Å². The number of thiophene rings is 1. The minimum absolute atomic E-state index is 0.0763. The van der Waals surface area contributed by atoms with Crippen LogP contribution in [0, 0.1) is 0 Å². The average Bonchev–Trinajstić information content (AvgIpc) is 3.54. The molecule has 1 aliphatic rings. The fraction of sp³-hybridized carbons (Fsp3) is 0.391. The van der Waals surface area contributed by atoms with Crippen molar-refractivity contribution < 1.29 is 13.2 Å². The molecule has 3 aromatic rings. The number of sulfonamides is 1. The maximum Gasteiger partial charge on any atom is 0.241 e. The standard InChI is InChI=1S/C23H28N4O3S2/c1-3-15-32(29,30)27-13-7-11-20(27)23(28)25(2)16-18-17-26(19-9-5-4-6-10-19)24-22(18)21-12-8-14-31-21/h4-6,8-10,12,14,17,20H,3,7,11,13,15-16H2,1-2H3. The fourth-order valence-electron chi connectivity index (χ4n) is 4.14. The van der Waals surface area contributed by atoms with Gasteiger partial charge in [-0.1, -0.05) is 31.2 Å². The van der Waals surface area contributed by atoms with Crippen molar-refractivity contribution in [2.24, 2.45) is 0 Å². The Labute approximate surface area is 193 Å². The molecule has 1 fully saturated rings. The average molecular weight is 473 g/mol. The van der Waals surface area contributed by atoms with Crippen molar-refractivity contribution >= 4 is 27.3 Å². The van der Waals surface area contributed by atoms with E-state index in [1.165, 1.54) is 4.31 Å². The Bertz CT molecular complexity index is 1160. The van der Waals surface area contributed by atoms with Crippen molar-refractivity contribution in [1.29, 1.82) is 0 Å². The molecule has 0 spiro atoms. The van der Waals surface area contributed by atoms with Gasteiger partial charge in [0.05, 0.1) is 16.3 Å². The van der Waals surface area contributed by atoms with E-state index in [9.17, 15) is 13.2 Å². The second-order valence-corrected chi connectivity index (χ2v) is 11.0. The molecule has 1 amide bonds. The van der Waals surface area contributed by atoms with Gasteiger partial charge < -0.3 is 4.90 Å². The van der Waals surface area contributed by atoms with Gasteiger partial charge in [0.1, 0.15) is 11.7 Å². The zero-order valence-electron chi connectivity index (χ0n) is 18.3. The summed E-state index contributed by atoms with van der Waals surface area (Å²) in [4.78, 5) is 15.9. The van der Waals surface area contributed by atoms with Crippen molar-refractivity contribution in [3.63, 3.8) is 0 Å². The number of para-hydroxylation sites is 1. The van der Waals surface area contributed by atoms with Crippen molar-refractivity contribution in [2.75, 3.05) is 19.3 Å². The van der Waals surface area contributed by atoms with Crippen LogP contribution < -0.4 is 0 Å². The second kappa shape index (κ2) is 9.56. The first-order chi connectivity index (χ1) is 15.4. The van der Waals surface area contributed by atoms with Gasteiger partial charge >= 0.3 is 0 Å². The Kier molecular flexibility index (Phi) is 6.78. The number of benzene rings is 1. The van der Waals surface area contributed by atoms with E-state index in [2.05, 4.69) is 0 Å². The monoisotopic (exact) mass is 472 g/mol. The fourth-order valence-corrected chi connectivity index (χ4v) is 6.63. The first-order valence-electron chi connectivity index (χ1n) is 10.8. The lowest BCUT2D eigenvalue weighted by Crippen LogP contribution is -2.46. The lowest BCUT2D eigenvalue weighted by atomic mass is 10.1. The van der Waals surface area contributed by atoms with Crippen LogP contribution in [0.4, 0.5) is 0 Å². The number of nitrogens with zero attached hydrogens (tertiary/aromatic N) is 4. The molecule has 2 aromatic heterocycles. The molecule has 1 aromatic carbocycles. The van der Waals surface area contributed by atoms with Crippen LogP contribution in [0.3, 0.4) is 0 Å². The first kappa shape index (κ1) is 22.7. The molecule has 3 heterocycles. The molecule has 1 unspecified atom stereocenters. The van der Waals surface area contributed by atoms with Gasteiger partial charge in [-0.2, -0.15) is 9.40 Å². The quantitative estimate of drug-likeness (QED) is 0.500. The third kappa shape index (κ3) is 4.65. The van der Waals surface area contributed by atoms with Gasteiger partial charge in [0.2, 0.25) is 15.9 Å². The molecule has 4 rings (SSSR count). The van der Waals surface area contributed by atoms with Gasteiger partial charge in [0.15, 0.2) is 0 Å². The van der Waals surface area contributed by atoms with E-state index >= 15 is 0 Å². The molecule has 0 N–H and O–H groups in total. The Morgan fingerprint density at radius 1 is 1.22 bits per heavy atom. The molecule has 9 heteroatoms. The SMILES string of the molecule is CCCS(=O)(=O)N1CCCC1C(=O)N(C)Cc1cn(-c2ccccc2)nc1-c1cccs1. The van der Waals surface area contributed by atoms with E-state index in [-0.39, 0.29) is 11.7 Å². The maximum absolute atomic E-state index is 13.3. The van der Waals surface area contributed by atoms with Crippen LogP contribution in [0.5, 0.6) is 0 Å². The van der Waals surface area contributed by atoms with Crippen LogP contribution in [0.2, 0.25) is 0 Å². The molecule has 0 aliphatic carbocycles. The molecule has 0 bridgehead atoms. The molecule has 1 aliphatic heterocycles. The summed E-state index contributed by atoms with van der Waals surface area (Å²) in [7, 11) is -1.68. The topological polar surface area (TPSA) is 75.5 Å². The zero-order valence-corrected chi connectivity index (χ0v) is 20.0. The second-order valence-electron chi connectivity index (χ2n) is 8.04. The van der Waals surface area contributed by atoms with Crippen molar-refractivity contribution in [1.82, 2.24) is 19.0 Å². The zero-order chi connectivity index (χ0) is 22.7. The summed E-state index contributed by atoms with van der Waals surface area (Å²) >= 11 is 1.60. The highest BCUT2D eigenvalue weighted by molar-refractivity contribution is 7.89. The Balaban J connectivity index is 1.59. The van der Waals surface area contributed by atoms with E-state index in [4.69, 9.17) is 5.10 Å². The van der Waals surface area contributed by atoms with Crippen molar-refractivity contribution in [3.05, 3.63) is 59.6 Å². The van der Waals surface area contributed by atoms with Crippen molar-refractivity contribution in [2.45, 2.75) is 38.8 Å². The van der Waals surface area contributed by atoms with Gasteiger partial charge in [0.25, 0.3) is 0 Å². The molecular weight excluding hydrogens is 444 g/mol. The smallest absolute Gasteiger partial charge is 0.241 e. The van der Waals surface area contributed by atoms with E-state index < -0.39 is 16.1 Å². The molecule has 0 radical (unpaired) electrons. The minimum atomic E-state index is -3.42. The third-order valence-electron chi connectivity index (χ3n) is 5.66. The Morgan fingerprint density at radius 3 is 2.69 bits per heavy atom. The van der Waals surface area contributed by atoms with Crippen LogP contribution in [0.25, 0.3) is 16.3 Å². The number of likely N-dealkylation sites (N-methyl/N-ethyl adjacent to an activating group) is 1. The van der Waals surface area contributed by atoms with Crippen LogP contribution in [-0.4, -0.2) is 58.7 Å². The summed E-state index contributed by atoms with van der Waals surface area (Å²) in [6, 6.07) is 13.2. The largest absolute Gasteiger partial charge is 0.340 e. The van der Waals surface area contributed by atoms with Crippen LogP contribution in [-0.2, 0) is 21.4 Å². The number of carbonyl (C=O) groups is 1. The number of aromatic nitrogens is 2. The lowest BCUT2D eigenvalue weighted by Gasteiger charge is -2.27. The van der Waals surface area contributed by atoms with Crippen molar-refractivity contribution in [3.8, 4) is 16.3 Å². The molecule has 1 saturated heterocycles. The van der Waals surface area contributed by atoms with Crippen LogP contribution >= 0.6 is 11.3 Å². The normalized spacial score (nSPS) is 17.0. The lowest BCUT2D eigenvalue weighted by molar-refractivity contribution is -0.133. The molecule has 0 saturated carbocycles. The van der Waals surface area contributed by atoms with Gasteiger partial charge in [0, 0.05) is 31.9 Å². The Morgan fingerprint density at radius 2 is 2.00 bits per heavy atom. The summed E-state index contributed by atoms with van der Waals surface area (Å²) in [5.41, 5.74) is 2.71. The summed E-state index contributed by atoms with van der Waals surface area (Å²) < 4.78 is 28.5. The number of hydrogen-bond acceptors (Lipinski definition) is 5. The summed E-state index contributed by atoms with van der Waals surface area (Å²) in [5.74, 6) is -0.0841. The highest BCUT2D eigenvalue weighted by Crippen LogP contribution is 2.29. The minimum Gasteiger partial charge on any atom is -0.340 e. The van der Waals surface area contributed by atoms with Gasteiger partial charge in [-0.25, -0.2) is 13.1 Å². The first-order valence-corrected chi connectivity index (χ1v) is 13.3. The van der Waals surface area contributed by atoms with E-state index in [0.717, 1.165) is 21.8 Å². The molecule has 32 heavy (non-hydrogen) atoms. The number of amides is 1. The summed E-state index contributed by atoms with van der Waals surface area (Å²) in [5, 5.41) is 6.80. The number of carbonyl (C=O) groups excluding carboxylic acids is 1. The van der Waals surface area contributed by atoms with Crippen LogP contribution in [0.1, 0.15) is 31.7 Å². The summed E-state index contributed by atoms with van der Waals surface area (Å²) in [6.07, 6.45) is 3.76. The third-order valence-corrected chi connectivity index (χ3v) is 8.61. The highest BCUT2D eigenvalue weighted by atomic mass is 32.2. The molecular formula is C23H28N4O3S2. The maximum atomic E-state index is 13.3. The molecule has 7 nitrogen and oxygen atoms in total. The highest BCUT2D eigenvalue weighted by Gasteiger charge is 2.39. The number of rotatable bonds is 8. The molecule has 1 atom stereocenters. The Hall–Kier alpha value is -2.49. The molecule has 170 valence electrons. The van der Waals surface area contributed by atoms with E-state index in [1.807, 2.05) is 65.6 Å². The van der Waals surface area contributed by atoms with Crippen LogP contribution in [0.15, 0.2) is 54.0 Å². The number of hydrogen-bond donors (Lipinski definition) is 0. The predicted octanol–water partition coefficient (Wildman–Crippen LogP) is 3.76. The summed E-state index contributed by atoms with van der Waals surface area (Å²) in [6.45, 7) is 2.61.